The largest absolute Gasteiger partial charge is 0.460 e. The Kier molecular flexibility index (Phi) is 2.88. The zero-order valence-electron chi connectivity index (χ0n) is 9.60. The highest BCUT2D eigenvalue weighted by atomic mass is 16.6. The molecule has 5 heteroatoms. The molecule has 1 saturated carbocycles. The van der Waals surface area contributed by atoms with Gasteiger partial charge in [-0.3, -0.25) is 9.59 Å². The summed E-state index contributed by atoms with van der Waals surface area (Å²) in [5, 5.41) is 11.8. The molecule has 2 aliphatic rings. The lowest BCUT2D eigenvalue weighted by atomic mass is 9.79. The number of carbonyl (C=O) groups is 2. The average Bonchev–Trinajstić information content (AvgIpc) is 2.59. The van der Waals surface area contributed by atoms with Crippen LogP contribution in [0.4, 0.5) is 0 Å². The minimum atomic E-state index is -0.410. The molecule has 1 aliphatic carbocycles. The van der Waals surface area contributed by atoms with Gasteiger partial charge in [0.05, 0.1) is 23.9 Å². The number of esters is 1. The van der Waals surface area contributed by atoms with Crippen LogP contribution in [-0.4, -0.2) is 24.0 Å². The van der Waals surface area contributed by atoms with E-state index in [9.17, 15) is 9.59 Å². The Bertz CT molecular complexity index is 424. The molecule has 1 heterocycles. The molecule has 2 fully saturated rings. The fraction of sp³-hybridized carbons (Fsp3) is 0.583. The van der Waals surface area contributed by atoms with E-state index in [0.717, 1.165) is 0 Å². The van der Waals surface area contributed by atoms with E-state index in [4.69, 9.17) is 10.00 Å². The lowest BCUT2D eigenvalue weighted by molar-refractivity contribution is -0.144. The Morgan fingerprint density at radius 1 is 1.59 bits per heavy atom. The second-order valence-electron chi connectivity index (χ2n) is 4.66. The van der Waals surface area contributed by atoms with Crippen LogP contribution in [0.3, 0.4) is 0 Å². The summed E-state index contributed by atoms with van der Waals surface area (Å²) in [6.45, 7) is 5.15. The highest BCUT2D eigenvalue weighted by Gasteiger charge is 2.49. The summed E-state index contributed by atoms with van der Waals surface area (Å²) in [7, 11) is 0. The molecule has 1 N–H and O–H groups in total. The van der Waals surface area contributed by atoms with Gasteiger partial charge in [0.2, 0.25) is 5.91 Å². The van der Waals surface area contributed by atoms with Gasteiger partial charge in [0.25, 0.3) is 0 Å². The van der Waals surface area contributed by atoms with Crippen LogP contribution in [0.5, 0.6) is 0 Å². The molecule has 2 rings (SSSR count). The summed E-state index contributed by atoms with van der Waals surface area (Å²) >= 11 is 0. The Morgan fingerprint density at radius 3 is 2.88 bits per heavy atom. The Hall–Kier alpha value is -1.83. The van der Waals surface area contributed by atoms with Crippen LogP contribution < -0.4 is 5.32 Å². The molecule has 2 bridgehead atoms. The minimum absolute atomic E-state index is 0.178. The Morgan fingerprint density at radius 2 is 2.29 bits per heavy atom. The molecule has 1 saturated heterocycles. The molecule has 90 valence electrons. The van der Waals surface area contributed by atoms with Gasteiger partial charge in [-0.15, -0.1) is 0 Å². The van der Waals surface area contributed by atoms with Crippen molar-refractivity contribution in [3.63, 3.8) is 0 Å². The van der Waals surface area contributed by atoms with Crippen molar-refractivity contribution in [3.05, 3.63) is 12.2 Å². The van der Waals surface area contributed by atoms with E-state index in [1.165, 1.54) is 0 Å². The van der Waals surface area contributed by atoms with Crippen LogP contribution in [0, 0.1) is 23.2 Å². The van der Waals surface area contributed by atoms with Crippen molar-refractivity contribution in [2.45, 2.75) is 31.9 Å². The molecule has 4 unspecified atom stereocenters. The third-order valence-electron chi connectivity index (χ3n) is 3.34. The fourth-order valence-electron chi connectivity index (χ4n) is 2.40. The van der Waals surface area contributed by atoms with Gasteiger partial charge in [0, 0.05) is 5.57 Å². The van der Waals surface area contributed by atoms with Crippen molar-refractivity contribution in [2.24, 2.45) is 11.8 Å². The van der Waals surface area contributed by atoms with Crippen molar-refractivity contribution < 1.29 is 14.3 Å². The number of hydrogen-bond acceptors (Lipinski definition) is 4. The van der Waals surface area contributed by atoms with E-state index < -0.39 is 6.04 Å². The lowest BCUT2D eigenvalue weighted by Crippen LogP contribution is -2.49. The number of amides is 1. The number of hydrogen-bond donors (Lipinski definition) is 1. The molecule has 1 amide bonds. The Balaban J connectivity index is 2.14. The van der Waals surface area contributed by atoms with Gasteiger partial charge in [-0.05, 0) is 19.8 Å². The number of carbonyl (C=O) groups excluding carboxylic acids is 2. The highest BCUT2D eigenvalue weighted by molar-refractivity contribution is 5.92. The minimum Gasteiger partial charge on any atom is -0.460 e. The smallest absolute Gasteiger partial charge is 0.309 e. The molecule has 0 aromatic carbocycles. The molecule has 17 heavy (non-hydrogen) atoms. The number of nitriles is 1. The summed E-state index contributed by atoms with van der Waals surface area (Å²) in [6.07, 6.45) is 0.694. The van der Waals surface area contributed by atoms with Crippen LogP contribution in [0.25, 0.3) is 0 Å². The normalized spacial score (nSPS) is 34.7. The number of nitrogens with one attached hydrogen (secondary N) is 1. The first-order valence-corrected chi connectivity index (χ1v) is 5.59. The van der Waals surface area contributed by atoms with Gasteiger partial charge in [-0.2, -0.15) is 5.26 Å². The van der Waals surface area contributed by atoms with E-state index in [1.807, 2.05) is 0 Å². The number of ether oxygens (including phenoxy) is 1. The predicted octanol–water partition coefficient (Wildman–Crippen LogP) is 0.522. The molecule has 0 spiro atoms. The van der Waals surface area contributed by atoms with Crippen LogP contribution in [-0.2, 0) is 14.3 Å². The first-order valence-electron chi connectivity index (χ1n) is 5.59. The zero-order chi connectivity index (χ0) is 12.6. The Labute approximate surface area is 99.4 Å². The van der Waals surface area contributed by atoms with Crippen LogP contribution >= 0.6 is 0 Å². The molecule has 0 radical (unpaired) electrons. The second-order valence-corrected chi connectivity index (χ2v) is 4.66. The van der Waals surface area contributed by atoms with Crippen molar-refractivity contribution in [2.75, 3.05) is 0 Å². The number of nitrogens with zero attached hydrogens (tertiary/aromatic N) is 1. The van der Waals surface area contributed by atoms with Crippen molar-refractivity contribution in [1.29, 1.82) is 5.26 Å². The summed E-state index contributed by atoms with van der Waals surface area (Å²) in [4.78, 5) is 23.0. The first kappa shape index (κ1) is 11.6. The van der Waals surface area contributed by atoms with Crippen LogP contribution in [0.15, 0.2) is 12.2 Å². The third kappa shape index (κ3) is 2.03. The van der Waals surface area contributed by atoms with E-state index in [0.29, 0.717) is 18.4 Å². The van der Waals surface area contributed by atoms with Crippen molar-refractivity contribution in [1.82, 2.24) is 5.32 Å². The van der Waals surface area contributed by atoms with Gasteiger partial charge in [0.15, 0.2) is 0 Å². The molecule has 1 aliphatic heterocycles. The SMILES string of the molecule is C=C(C)C(=O)NC1C(C#N)CC2CC1OC2=O. The summed E-state index contributed by atoms with van der Waals surface area (Å²) in [6, 6.07) is 1.73. The molecule has 4 atom stereocenters. The maximum atomic E-state index is 11.6. The number of fused-ring (bicyclic) bond motifs is 2. The van der Waals surface area contributed by atoms with Gasteiger partial charge in [0.1, 0.15) is 6.10 Å². The first-order chi connectivity index (χ1) is 8.02. The van der Waals surface area contributed by atoms with E-state index in [1.54, 1.807) is 6.92 Å². The van der Waals surface area contributed by atoms with Gasteiger partial charge < -0.3 is 10.1 Å². The van der Waals surface area contributed by atoms with E-state index >= 15 is 0 Å². The molecule has 5 nitrogen and oxygen atoms in total. The second kappa shape index (κ2) is 4.21. The quantitative estimate of drug-likeness (QED) is 0.558. The van der Waals surface area contributed by atoms with Crippen molar-refractivity contribution in [3.8, 4) is 6.07 Å². The maximum Gasteiger partial charge on any atom is 0.309 e. The number of rotatable bonds is 2. The highest BCUT2D eigenvalue weighted by Crippen LogP contribution is 2.37. The topological polar surface area (TPSA) is 79.2 Å². The zero-order valence-corrected chi connectivity index (χ0v) is 9.60. The lowest BCUT2D eigenvalue weighted by Gasteiger charge is -2.30. The van der Waals surface area contributed by atoms with E-state index in [-0.39, 0.29) is 29.8 Å². The van der Waals surface area contributed by atoms with E-state index in [2.05, 4.69) is 18.0 Å². The van der Waals surface area contributed by atoms with Crippen LogP contribution in [0.1, 0.15) is 19.8 Å². The molecular formula is C12H14N2O3. The average molecular weight is 234 g/mol. The van der Waals surface area contributed by atoms with Gasteiger partial charge in [-0.1, -0.05) is 6.58 Å². The summed E-state index contributed by atoms with van der Waals surface area (Å²) in [5.41, 5.74) is 0.383. The molecule has 0 aromatic rings. The molecule has 0 aromatic heterocycles. The summed E-state index contributed by atoms with van der Waals surface area (Å²) < 4.78 is 5.18. The van der Waals surface area contributed by atoms with Gasteiger partial charge in [-0.25, -0.2) is 0 Å². The predicted molar refractivity (Wildman–Crippen MR) is 58.5 cm³/mol. The monoisotopic (exact) mass is 234 g/mol. The third-order valence-corrected chi connectivity index (χ3v) is 3.34. The maximum absolute atomic E-state index is 11.6. The fourth-order valence-corrected chi connectivity index (χ4v) is 2.40. The standard InChI is InChI=1S/C12H14N2O3/c1-6(2)11(15)14-10-8(5-13)3-7-4-9(10)17-12(7)16/h7-10H,1,3-4H2,2H3,(H,14,15). The molecular weight excluding hydrogens is 220 g/mol. The van der Waals surface area contributed by atoms with Gasteiger partial charge >= 0.3 is 5.97 Å². The van der Waals surface area contributed by atoms with Crippen molar-refractivity contribution >= 4 is 11.9 Å². The van der Waals surface area contributed by atoms with Crippen LogP contribution in [0.2, 0.25) is 0 Å². The summed E-state index contributed by atoms with van der Waals surface area (Å²) in [5.74, 6) is -1.09.